The molecule has 1 aromatic heterocycles. The number of fused-ring (bicyclic) bond motifs is 1. The molecule has 2 aromatic rings. The van der Waals surface area contributed by atoms with Gasteiger partial charge in [-0.25, -0.2) is 0 Å². The van der Waals surface area contributed by atoms with E-state index >= 15 is 0 Å². The molecule has 1 unspecified atom stereocenters. The van der Waals surface area contributed by atoms with E-state index in [9.17, 15) is 5.11 Å². The fourth-order valence-corrected chi connectivity index (χ4v) is 2.87. The van der Waals surface area contributed by atoms with Gasteiger partial charge in [0.2, 0.25) is 0 Å². The van der Waals surface area contributed by atoms with Crippen LogP contribution in [0.5, 0.6) is 0 Å². The Morgan fingerprint density at radius 2 is 2.19 bits per heavy atom. The van der Waals surface area contributed by atoms with Crippen molar-refractivity contribution in [3.63, 3.8) is 0 Å². The van der Waals surface area contributed by atoms with Gasteiger partial charge in [-0.05, 0) is 35.4 Å². The van der Waals surface area contributed by atoms with Crippen molar-refractivity contribution in [2.45, 2.75) is 19.4 Å². The number of thiophene rings is 1. The molecule has 86 valence electrons. The van der Waals surface area contributed by atoms with Crippen LogP contribution < -0.4 is 5.32 Å². The quantitative estimate of drug-likeness (QED) is 0.835. The molecule has 1 aromatic carbocycles. The van der Waals surface area contributed by atoms with E-state index < -0.39 is 0 Å². The van der Waals surface area contributed by atoms with Crippen LogP contribution in [0.4, 0.5) is 0 Å². The molecule has 0 saturated carbocycles. The molecule has 0 aliphatic rings. The third-order valence-electron chi connectivity index (χ3n) is 2.71. The summed E-state index contributed by atoms with van der Waals surface area (Å²) in [6.07, 6.45) is 1.08. The first-order valence-corrected chi connectivity index (χ1v) is 6.55. The summed E-state index contributed by atoms with van der Waals surface area (Å²) in [7, 11) is 0. The van der Waals surface area contributed by atoms with Crippen molar-refractivity contribution in [2.24, 2.45) is 0 Å². The number of aliphatic hydroxyl groups excluding tert-OH is 1. The van der Waals surface area contributed by atoms with Crippen LogP contribution in [0.3, 0.4) is 0 Å². The predicted molar refractivity (Wildman–Crippen MR) is 69.9 cm³/mol. The van der Waals surface area contributed by atoms with Gasteiger partial charge in [-0.2, -0.15) is 0 Å². The Bertz CT molecular complexity index is 452. The second-order valence-corrected chi connectivity index (χ2v) is 4.79. The second kappa shape index (κ2) is 5.43. The van der Waals surface area contributed by atoms with Crippen LogP contribution in [0.2, 0.25) is 0 Å². The zero-order chi connectivity index (χ0) is 11.4. The molecule has 2 N–H and O–H groups in total. The molecule has 0 aliphatic carbocycles. The summed E-state index contributed by atoms with van der Waals surface area (Å²) in [6, 6.07) is 8.41. The molecular formula is C13H17NOS. The van der Waals surface area contributed by atoms with Crippen LogP contribution >= 0.6 is 11.3 Å². The van der Waals surface area contributed by atoms with Crippen LogP contribution in [0.25, 0.3) is 10.1 Å². The maximum absolute atomic E-state index is 9.43. The minimum absolute atomic E-state index is 0.0658. The molecule has 2 nitrogen and oxygen atoms in total. The Hall–Kier alpha value is -0.900. The first-order chi connectivity index (χ1) is 7.86. The van der Waals surface area contributed by atoms with E-state index in [1.807, 2.05) is 6.07 Å². The molecule has 1 heterocycles. The van der Waals surface area contributed by atoms with Gasteiger partial charge in [-0.1, -0.05) is 25.1 Å². The minimum Gasteiger partial charge on any atom is -0.394 e. The van der Waals surface area contributed by atoms with Crippen molar-refractivity contribution in [3.05, 3.63) is 35.2 Å². The maximum atomic E-state index is 9.43. The summed E-state index contributed by atoms with van der Waals surface area (Å²) in [5, 5.41) is 16.2. The topological polar surface area (TPSA) is 32.3 Å². The highest BCUT2D eigenvalue weighted by Gasteiger charge is 2.13. The minimum atomic E-state index is 0.0658. The van der Waals surface area contributed by atoms with Crippen LogP contribution in [-0.2, 0) is 0 Å². The van der Waals surface area contributed by atoms with Gasteiger partial charge in [-0.15, -0.1) is 11.3 Å². The van der Waals surface area contributed by atoms with E-state index in [0.29, 0.717) is 0 Å². The first-order valence-electron chi connectivity index (χ1n) is 5.67. The number of nitrogens with one attached hydrogen (secondary N) is 1. The largest absolute Gasteiger partial charge is 0.394 e. The zero-order valence-corrected chi connectivity index (χ0v) is 10.3. The van der Waals surface area contributed by atoms with Crippen molar-refractivity contribution in [1.82, 2.24) is 5.32 Å². The lowest BCUT2D eigenvalue weighted by molar-refractivity contribution is 0.246. The van der Waals surface area contributed by atoms with Crippen LogP contribution in [0, 0.1) is 0 Å². The van der Waals surface area contributed by atoms with Gasteiger partial charge in [-0.3, -0.25) is 0 Å². The fraction of sp³-hybridized carbons (Fsp3) is 0.385. The average molecular weight is 235 g/mol. The molecule has 0 bridgehead atoms. The van der Waals surface area contributed by atoms with E-state index in [0.717, 1.165) is 13.0 Å². The summed E-state index contributed by atoms with van der Waals surface area (Å²) in [6.45, 7) is 3.23. The van der Waals surface area contributed by atoms with E-state index in [1.54, 1.807) is 11.3 Å². The van der Waals surface area contributed by atoms with Crippen molar-refractivity contribution in [2.75, 3.05) is 13.2 Å². The SMILES string of the molecule is CCCNC(CO)c1csc2ccccc12. The standard InChI is InChI=1S/C13H17NOS/c1-2-7-14-12(8-15)11-9-16-13-6-4-3-5-10(11)13/h3-6,9,12,14-15H,2,7-8H2,1H3. The molecule has 0 amide bonds. The maximum Gasteiger partial charge on any atom is 0.0627 e. The van der Waals surface area contributed by atoms with E-state index in [4.69, 9.17) is 0 Å². The van der Waals surface area contributed by atoms with Gasteiger partial charge in [0.15, 0.2) is 0 Å². The normalized spacial score (nSPS) is 13.1. The summed E-state index contributed by atoms with van der Waals surface area (Å²) in [5.41, 5.74) is 1.22. The monoisotopic (exact) mass is 235 g/mol. The van der Waals surface area contributed by atoms with E-state index in [-0.39, 0.29) is 12.6 Å². The molecule has 3 heteroatoms. The predicted octanol–water partition coefficient (Wildman–Crippen LogP) is 2.93. The van der Waals surface area contributed by atoms with Gasteiger partial charge in [0.1, 0.15) is 0 Å². The first kappa shape index (κ1) is 11.6. The molecule has 2 rings (SSSR count). The van der Waals surface area contributed by atoms with Crippen molar-refractivity contribution < 1.29 is 5.11 Å². The summed E-state index contributed by atoms with van der Waals surface area (Å²) < 4.78 is 1.29. The third-order valence-corrected chi connectivity index (χ3v) is 3.69. The lowest BCUT2D eigenvalue weighted by Gasteiger charge is -2.15. The fourth-order valence-electron chi connectivity index (χ4n) is 1.86. The molecule has 16 heavy (non-hydrogen) atoms. The molecule has 0 spiro atoms. The zero-order valence-electron chi connectivity index (χ0n) is 9.44. The Labute approximate surface area is 99.9 Å². The third kappa shape index (κ3) is 2.26. The smallest absolute Gasteiger partial charge is 0.0627 e. The second-order valence-electron chi connectivity index (χ2n) is 3.88. The van der Waals surface area contributed by atoms with Gasteiger partial charge in [0, 0.05) is 4.70 Å². The highest BCUT2D eigenvalue weighted by molar-refractivity contribution is 7.17. The van der Waals surface area contributed by atoms with Crippen LogP contribution in [0.15, 0.2) is 29.6 Å². The molecule has 1 atom stereocenters. The van der Waals surface area contributed by atoms with Gasteiger partial charge >= 0.3 is 0 Å². The Balaban J connectivity index is 2.30. The molecule has 0 fully saturated rings. The Kier molecular flexibility index (Phi) is 3.93. The lowest BCUT2D eigenvalue weighted by Crippen LogP contribution is -2.24. The molecular weight excluding hydrogens is 218 g/mol. The van der Waals surface area contributed by atoms with Crippen LogP contribution in [0.1, 0.15) is 24.9 Å². The van der Waals surface area contributed by atoms with E-state index in [1.165, 1.54) is 15.6 Å². The van der Waals surface area contributed by atoms with Crippen molar-refractivity contribution in [1.29, 1.82) is 0 Å². The van der Waals surface area contributed by atoms with Gasteiger partial charge in [0.05, 0.1) is 12.6 Å². The highest BCUT2D eigenvalue weighted by Crippen LogP contribution is 2.29. The Morgan fingerprint density at radius 3 is 2.94 bits per heavy atom. The highest BCUT2D eigenvalue weighted by atomic mass is 32.1. The van der Waals surface area contributed by atoms with Gasteiger partial charge < -0.3 is 10.4 Å². The Morgan fingerprint density at radius 1 is 1.38 bits per heavy atom. The number of aliphatic hydroxyl groups is 1. The average Bonchev–Trinajstić information content (AvgIpc) is 2.75. The van der Waals surface area contributed by atoms with Crippen LogP contribution in [-0.4, -0.2) is 18.3 Å². The summed E-state index contributed by atoms with van der Waals surface area (Å²) in [5.74, 6) is 0. The number of hydrogen-bond donors (Lipinski definition) is 2. The summed E-state index contributed by atoms with van der Waals surface area (Å²) in [4.78, 5) is 0. The van der Waals surface area contributed by atoms with E-state index in [2.05, 4.69) is 35.8 Å². The molecule has 0 saturated heterocycles. The molecule has 0 radical (unpaired) electrons. The van der Waals surface area contributed by atoms with Crippen molar-refractivity contribution >= 4 is 21.4 Å². The summed E-state index contributed by atoms with van der Waals surface area (Å²) >= 11 is 1.74. The molecule has 0 aliphatic heterocycles. The van der Waals surface area contributed by atoms with Gasteiger partial charge in [0.25, 0.3) is 0 Å². The number of benzene rings is 1. The number of rotatable bonds is 5. The lowest BCUT2D eigenvalue weighted by atomic mass is 10.1. The van der Waals surface area contributed by atoms with Crippen molar-refractivity contribution in [3.8, 4) is 0 Å². The number of hydrogen-bond acceptors (Lipinski definition) is 3.